The highest BCUT2D eigenvalue weighted by Gasteiger charge is 1.89. The molecule has 0 radical (unpaired) electrons. The minimum absolute atomic E-state index is 0.649. The molecule has 0 bridgehead atoms. The van der Waals surface area contributed by atoms with Crippen molar-refractivity contribution in [2.24, 2.45) is 4.99 Å². The van der Waals surface area contributed by atoms with E-state index in [1.54, 1.807) is 6.26 Å². The Hall–Kier alpha value is -0.400. The van der Waals surface area contributed by atoms with Crippen LogP contribution in [-0.4, -0.2) is 28.6 Å². The van der Waals surface area contributed by atoms with Gasteiger partial charge in [-0.05, 0) is 25.3 Å². The molecule has 0 amide bonds. The summed E-state index contributed by atoms with van der Waals surface area (Å²) >= 11 is 0. The topological polar surface area (TPSA) is 29.4 Å². The Morgan fingerprint density at radius 2 is 2.30 bits per heavy atom. The van der Waals surface area contributed by atoms with Crippen LogP contribution in [0.4, 0.5) is 0 Å². The first-order valence-electron chi connectivity index (χ1n) is 3.26. The molecule has 0 spiro atoms. The summed E-state index contributed by atoms with van der Waals surface area (Å²) in [5.41, 5.74) is 0. The van der Waals surface area contributed by atoms with Gasteiger partial charge in [0.2, 0.25) is 0 Å². The van der Waals surface area contributed by atoms with Crippen molar-refractivity contribution in [3.8, 4) is 0 Å². The molecule has 0 fully saturated rings. The maximum atomic E-state index is 10.5. The second-order valence-corrected chi connectivity index (χ2v) is 3.58. The summed E-state index contributed by atoms with van der Waals surface area (Å²) in [5.74, 6) is 3.24. The number of hydrogen-bond donors (Lipinski definition) is 0. The molecular formula is C7H13NOS. The number of aliphatic imine (C=N–C) groups is 1. The van der Waals surface area contributed by atoms with Crippen LogP contribution in [0, 0.1) is 0 Å². The monoisotopic (exact) mass is 159 g/mol. The Labute approximate surface area is 64.5 Å². The van der Waals surface area contributed by atoms with Gasteiger partial charge in [0.05, 0.1) is 0 Å². The summed E-state index contributed by atoms with van der Waals surface area (Å²) in [6.07, 6.45) is 3.69. The third kappa shape index (κ3) is 7.60. The largest absolute Gasteiger partial charge is 0.260 e. The molecule has 0 aliphatic carbocycles. The van der Waals surface area contributed by atoms with E-state index in [2.05, 4.69) is 17.4 Å². The van der Waals surface area contributed by atoms with E-state index >= 15 is 0 Å². The fourth-order valence-electron chi connectivity index (χ4n) is 0.575. The van der Waals surface area contributed by atoms with Gasteiger partial charge in [-0.2, -0.15) is 0 Å². The third-order valence-corrected chi connectivity index (χ3v) is 1.93. The minimum Gasteiger partial charge on any atom is -0.260 e. The molecule has 0 saturated heterocycles. The average molecular weight is 159 g/mol. The zero-order chi connectivity index (χ0) is 7.82. The van der Waals surface area contributed by atoms with Crippen molar-refractivity contribution in [1.82, 2.24) is 0 Å². The molecule has 0 aliphatic heterocycles. The minimum atomic E-state index is -0.649. The summed E-state index contributed by atoms with van der Waals surface area (Å²) in [4.78, 5) is 3.81. The van der Waals surface area contributed by atoms with Crippen molar-refractivity contribution in [3.63, 3.8) is 0 Å². The summed E-state index contributed by atoms with van der Waals surface area (Å²) in [7, 11) is -0.649. The first kappa shape index (κ1) is 9.60. The van der Waals surface area contributed by atoms with E-state index < -0.39 is 10.8 Å². The highest BCUT2D eigenvalue weighted by molar-refractivity contribution is 7.84. The number of rotatable bonds is 5. The molecule has 0 aromatic rings. The van der Waals surface area contributed by atoms with Gasteiger partial charge in [0.25, 0.3) is 0 Å². The van der Waals surface area contributed by atoms with E-state index in [0.29, 0.717) is 0 Å². The molecule has 0 rings (SSSR count). The van der Waals surface area contributed by atoms with Crippen molar-refractivity contribution in [1.29, 1.82) is 0 Å². The second kappa shape index (κ2) is 6.72. The van der Waals surface area contributed by atoms with Gasteiger partial charge in [0.15, 0.2) is 0 Å². The number of nitrogens with zero attached hydrogens (tertiary/aromatic N) is 1. The van der Waals surface area contributed by atoms with E-state index in [9.17, 15) is 4.21 Å². The molecule has 0 saturated carbocycles. The summed E-state index contributed by atoms with van der Waals surface area (Å²) in [6.45, 7) is 4.11. The standard InChI is InChI=1S/C7H13NOS/c1-3-8-6-4-5-7-10(2)9/h1,4-7H2,2H3. The Morgan fingerprint density at radius 1 is 1.60 bits per heavy atom. The lowest BCUT2D eigenvalue weighted by Gasteiger charge is -1.92. The van der Waals surface area contributed by atoms with Gasteiger partial charge in [0, 0.05) is 29.4 Å². The van der Waals surface area contributed by atoms with Crippen LogP contribution in [-0.2, 0) is 10.8 Å². The van der Waals surface area contributed by atoms with Crippen LogP contribution in [0.15, 0.2) is 11.6 Å². The Morgan fingerprint density at radius 3 is 2.80 bits per heavy atom. The van der Waals surface area contributed by atoms with Crippen LogP contribution in [0.3, 0.4) is 0 Å². The zero-order valence-electron chi connectivity index (χ0n) is 6.30. The summed E-state index contributed by atoms with van der Waals surface area (Å²) in [6, 6.07) is 0. The molecule has 3 heteroatoms. The van der Waals surface area contributed by atoms with Gasteiger partial charge in [-0.25, -0.2) is 4.99 Å². The highest BCUT2D eigenvalue weighted by Crippen LogP contribution is 1.90. The lowest BCUT2D eigenvalue weighted by atomic mass is 10.3. The molecule has 2 nitrogen and oxygen atoms in total. The molecule has 58 valence electrons. The van der Waals surface area contributed by atoms with E-state index in [0.717, 1.165) is 25.1 Å². The molecule has 0 aromatic carbocycles. The first-order valence-corrected chi connectivity index (χ1v) is 4.98. The predicted octanol–water partition coefficient (Wildman–Crippen LogP) is 1.00. The quantitative estimate of drug-likeness (QED) is 0.434. The smallest absolute Gasteiger partial charge is 0.0484 e. The molecule has 0 N–H and O–H groups in total. The van der Waals surface area contributed by atoms with Crippen molar-refractivity contribution >= 4 is 16.7 Å². The van der Waals surface area contributed by atoms with Gasteiger partial charge >= 0.3 is 0 Å². The van der Waals surface area contributed by atoms with Crippen molar-refractivity contribution in [2.45, 2.75) is 12.8 Å². The Bertz CT molecular complexity index is 146. The second-order valence-electron chi connectivity index (χ2n) is 2.02. The van der Waals surface area contributed by atoms with E-state index in [1.165, 1.54) is 0 Å². The normalized spacial score (nSPS) is 12.1. The van der Waals surface area contributed by atoms with Crippen LogP contribution < -0.4 is 0 Å². The van der Waals surface area contributed by atoms with Crippen LogP contribution in [0.25, 0.3) is 0 Å². The Balaban J connectivity index is 3.05. The summed E-state index contributed by atoms with van der Waals surface area (Å²) in [5, 5.41) is 0. The lowest BCUT2D eigenvalue weighted by Crippen LogP contribution is -1.94. The van der Waals surface area contributed by atoms with Crippen molar-refractivity contribution < 1.29 is 4.21 Å². The van der Waals surface area contributed by atoms with E-state index in [4.69, 9.17) is 0 Å². The highest BCUT2D eigenvalue weighted by atomic mass is 32.2. The lowest BCUT2D eigenvalue weighted by molar-refractivity contribution is 0.682. The molecule has 10 heavy (non-hydrogen) atoms. The van der Waals surface area contributed by atoms with Gasteiger partial charge in [-0.15, -0.1) is 0 Å². The third-order valence-electron chi connectivity index (χ3n) is 1.06. The SMILES string of the molecule is C=C=NCCCCS(C)=O. The maximum absolute atomic E-state index is 10.5. The fourth-order valence-corrected chi connectivity index (χ4v) is 1.19. The summed E-state index contributed by atoms with van der Waals surface area (Å²) < 4.78 is 10.5. The first-order chi connectivity index (χ1) is 4.77. The van der Waals surface area contributed by atoms with Gasteiger partial charge in [-0.3, -0.25) is 4.21 Å². The molecular weight excluding hydrogens is 146 g/mol. The zero-order valence-corrected chi connectivity index (χ0v) is 7.12. The molecule has 1 unspecified atom stereocenters. The molecule has 0 heterocycles. The van der Waals surface area contributed by atoms with Crippen LogP contribution in [0.1, 0.15) is 12.8 Å². The maximum Gasteiger partial charge on any atom is 0.0484 e. The predicted molar refractivity (Wildman–Crippen MR) is 46.1 cm³/mol. The fraction of sp³-hybridized carbons (Fsp3) is 0.714. The van der Waals surface area contributed by atoms with Crippen molar-refractivity contribution in [2.75, 3.05) is 18.6 Å². The Kier molecular flexibility index (Phi) is 6.45. The molecule has 0 aliphatic rings. The van der Waals surface area contributed by atoms with Crippen LogP contribution in [0.2, 0.25) is 0 Å². The van der Waals surface area contributed by atoms with Gasteiger partial charge < -0.3 is 0 Å². The average Bonchev–Trinajstić information content (AvgIpc) is 1.87. The van der Waals surface area contributed by atoms with Gasteiger partial charge in [0.1, 0.15) is 0 Å². The van der Waals surface area contributed by atoms with Crippen molar-refractivity contribution in [3.05, 3.63) is 6.58 Å². The van der Waals surface area contributed by atoms with E-state index in [-0.39, 0.29) is 0 Å². The van der Waals surface area contributed by atoms with Crippen LogP contribution in [0.5, 0.6) is 0 Å². The van der Waals surface area contributed by atoms with Gasteiger partial charge in [-0.1, -0.05) is 0 Å². The van der Waals surface area contributed by atoms with E-state index in [1.807, 2.05) is 0 Å². The number of unbranched alkanes of at least 4 members (excludes halogenated alkanes) is 1. The number of hydrogen-bond acceptors (Lipinski definition) is 2. The van der Waals surface area contributed by atoms with Crippen LogP contribution >= 0.6 is 0 Å². The molecule has 1 atom stereocenters. The molecule has 0 aromatic heterocycles.